The topological polar surface area (TPSA) is 35.5 Å². The Morgan fingerprint density at radius 3 is 2.33 bits per heavy atom. The molecule has 21 heavy (non-hydrogen) atoms. The normalized spacial score (nSPS) is 18.8. The van der Waals surface area contributed by atoms with Gasteiger partial charge < -0.3 is 9.47 Å². The van der Waals surface area contributed by atoms with Crippen LogP contribution in [0.4, 0.5) is 0 Å². The van der Waals surface area contributed by atoms with Crippen molar-refractivity contribution < 1.29 is 14.3 Å². The fraction of sp³-hybridized carbons (Fsp3) is 0.562. The molecular formula is C16H20Br2O3. The average Bonchev–Trinajstić information content (AvgIpc) is 2.54. The number of esters is 1. The van der Waals surface area contributed by atoms with Crippen LogP contribution in [-0.4, -0.2) is 24.0 Å². The lowest BCUT2D eigenvalue weighted by molar-refractivity contribution is -0.149. The third-order valence-corrected chi connectivity index (χ3v) is 6.42. The van der Waals surface area contributed by atoms with Crippen molar-refractivity contribution in [3.05, 3.63) is 29.8 Å². The Balaban J connectivity index is 1.93. The van der Waals surface area contributed by atoms with Crippen LogP contribution in [0.3, 0.4) is 0 Å². The molecule has 1 aromatic carbocycles. The minimum Gasteiger partial charge on any atom is -0.497 e. The number of hydrogen-bond acceptors (Lipinski definition) is 3. The summed E-state index contributed by atoms with van der Waals surface area (Å²) in [5.41, 5.74) is 1.01. The molecule has 0 spiro atoms. The summed E-state index contributed by atoms with van der Waals surface area (Å²) in [6, 6.07) is 7.66. The van der Waals surface area contributed by atoms with Crippen LogP contribution >= 0.6 is 31.9 Å². The predicted molar refractivity (Wildman–Crippen MR) is 90.3 cm³/mol. The third kappa shape index (κ3) is 4.71. The molecule has 0 heterocycles. The highest BCUT2D eigenvalue weighted by atomic mass is 79.9. The molecule has 0 unspecified atom stereocenters. The van der Waals surface area contributed by atoms with Crippen molar-refractivity contribution in [1.82, 2.24) is 0 Å². The molecule has 2 rings (SSSR count). The van der Waals surface area contributed by atoms with Gasteiger partial charge in [-0.2, -0.15) is 0 Å². The fourth-order valence-electron chi connectivity index (χ4n) is 2.49. The maximum atomic E-state index is 12.2. The van der Waals surface area contributed by atoms with E-state index in [1.807, 2.05) is 24.3 Å². The first-order valence-electron chi connectivity index (χ1n) is 7.24. The van der Waals surface area contributed by atoms with E-state index in [0.717, 1.165) is 37.0 Å². The van der Waals surface area contributed by atoms with Crippen molar-refractivity contribution in [3.8, 4) is 5.75 Å². The van der Waals surface area contributed by atoms with Gasteiger partial charge in [-0.25, -0.2) is 0 Å². The van der Waals surface area contributed by atoms with Gasteiger partial charge in [0, 0.05) is 0 Å². The summed E-state index contributed by atoms with van der Waals surface area (Å²) < 4.78 is 10.7. The second-order valence-corrected chi connectivity index (χ2v) is 7.25. The summed E-state index contributed by atoms with van der Waals surface area (Å²) in [5, 5.41) is 0. The van der Waals surface area contributed by atoms with Crippen molar-refractivity contribution in [2.24, 2.45) is 0 Å². The van der Waals surface area contributed by atoms with Crippen LogP contribution in [0.1, 0.15) is 42.5 Å². The molecule has 0 amide bonds. The van der Waals surface area contributed by atoms with Crippen LogP contribution in [0.15, 0.2) is 24.3 Å². The first-order valence-corrected chi connectivity index (χ1v) is 9.07. The predicted octanol–water partition coefficient (Wildman–Crippen LogP) is 4.77. The molecule has 1 fully saturated rings. The quantitative estimate of drug-likeness (QED) is 0.509. The molecule has 1 aliphatic rings. The van der Waals surface area contributed by atoms with Gasteiger partial charge in [0.1, 0.15) is 16.7 Å². The van der Waals surface area contributed by atoms with Crippen LogP contribution in [0.25, 0.3) is 0 Å². The molecule has 0 bridgehead atoms. The van der Waals surface area contributed by atoms with Crippen molar-refractivity contribution in [3.63, 3.8) is 0 Å². The number of ether oxygens (including phenoxy) is 2. The van der Waals surface area contributed by atoms with Crippen molar-refractivity contribution in [2.45, 2.75) is 47.9 Å². The van der Waals surface area contributed by atoms with Gasteiger partial charge in [0.15, 0.2) is 0 Å². The number of carbonyl (C=O) groups is 1. The van der Waals surface area contributed by atoms with E-state index in [0.29, 0.717) is 0 Å². The Morgan fingerprint density at radius 2 is 1.76 bits per heavy atom. The Bertz CT molecular complexity index is 455. The number of hydrogen-bond donors (Lipinski definition) is 0. The zero-order valence-corrected chi connectivity index (χ0v) is 15.2. The molecule has 5 heteroatoms. The van der Waals surface area contributed by atoms with Crippen LogP contribution in [0, 0.1) is 0 Å². The van der Waals surface area contributed by atoms with Gasteiger partial charge in [0.05, 0.1) is 11.9 Å². The van der Waals surface area contributed by atoms with Crippen molar-refractivity contribution in [1.29, 1.82) is 0 Å². The lowest BCUT2D eigenvalue weighted by Crippen LogP contribution is -2.28. The van der Waals surface area contributed by atoms with E-state index >= 15 is 0 Å². The summed E-state index contributed by atoms with van der Waals surface area (Å²) in [7, 11) is 1.63. The van der Waals surface area contributed by atoms with E-state index in [9.17, 15) is 4.79 Å². The van der Waals surface area contributed by atoms with Crippen molar-refractivity contribution in [2.75, 3.05) is 7.11 Å². The maximum Gasteiger partial charge on any atom is 0.321 e. The minimum atomic E-state index is -0.396. The Morgan fingerprint density at radius 1 is 1.14 bits per heavy atom. The Kier molecular flexibility index (Phi) is 6.55. The van der Waals surface area contributed by atoms with Gasteiger partial charge in [-0.3, -0.25) is 4.79 Å². The highest BCUT2D eigenvalue weighted by Gasteiger charge is 2.29. The molecule has 0 radical (unpaired) electrons. The standard InChI is InChI=1S/C16H20Br2O3/c1-20-12-9-7-11(8-10-12)14(17)15(18)16(19)21-13-5-3-2-4-6-13/h7-10,13-15H,2-6H2,1H3/t14-,15+/m0/s1. The smallest absolute Gasteiger partial charge is 0.321 e. The fourth-order valence-corrected chi connectivity index (χ4v) is 3.42. The molecular weight excluding hydrogens is 400 g/mol. The summed E-state index contributed by atoms with van der Waals surface area (Å²) in [6.07, 6.45) is 5.62. The summed E-state index contributed by atoms with van der Waals surface area (Å²) in [6.45, 7) is 0. The summed E-state index contributed by atoms with van der Waals surface area (Å²) >= 11 is 7.03. The minimum absolute atomic E-state index is 0.0851. The monoisotopic (exact) mass is 418 g/mol. The molecule has 1 saturated carbocycles. The lowest BCUT2D eigenvalue weighted by Gasteiger charge is -2.24. The first kappa shape index (κ1) is 16.8. The Hall–Kier alpha value is -0.550. The number of carbonyl (C=O) groups excluding carboxylic acids is 1. The molecule has 116 valence electrons. The van der Waals surface area contributed by atoms with Gasteiger partial charge in [-0.1, -0.05) is 50.4 Å². The largest absolute Gasteiger partial charge is 0.497 e. The average molecular weight is 420 g/mol. The molecule has 1 aromatic rings. The summed E-state index contributed by atoms with van der Waals surface area (Å²) in [5.74, 6) is 0.606. The van der Waals surface area contributed by atoms with E-state index < -0.39 is 4.83 Å². The lowest BCUT2D eigenvalue weighted by atomic mass is 9.98. The molecule has 0 saturated heterocycles. The molecule has 0 aromatic heterocycles. The van der Waals surface area contributed by atoms with E-state index in [1.54, 1.807) is 7.11 Å². The van der Waals surface area contributed by atoms with Crippen LogP contribution < -0.4 is 4.74 Å². The Labute approximate surface area is 142 Å². The number of alkyl halides is 2. The third-order valence-electron chi connectivity index (χ3n) is 3.75. The van der Waals surface area contributed by atoms with Gasteiger partial charge >= 0.3 is 5.97 Å². The second-order valence-electron chi connectivity index (χ2n) is 5.27. The number of methoxy groups -OCH3 is 1. The number of benzene rings is 1. The second kappa shape index (κ2) is 8.18. The van der Waals surface area contributed by atoms with E-state index in [4.69, 9.17) is 9.47 Å². The highest BCUT2D eigenvalue weighted by Crippen LogP contribution is 2.33. The van der Waals surface area contributed by atoms with Crippen molar-refractivity contribution >= 4 is 37.8 Å². The van der Waals surface area contributed by atoms with Gasteiger partial charge in [-0.15, -0.1) is 0 Å². The van der Waals surface area contributed by atoms with E-state index in [-0.39, 0.29) is 16.9 Å². The van der Waals surface area contributed by atoms with Gasteiger partial charge in [-0.05, 0) is 43.4 Å². The molecule has 0 aliphatic heterocycles. The maximum absolute atomic E-state index is 12.2. The van der Waals surface area contributed by atoms with E-state index in [2.05, 4.69) is 31.9 Å². The van der Waals surface area contributed by atoms with E-state index in [1.165, 1.54) is 6.42 Å². The van der Waals surface area contributed by atoms with Gasteiger partial charge in [0.25, 0.3) is 0 Å². The molecule has 2 atom stereocenters. The van der Waals surface area contributed by atoms with Gasteiger partial charge in [0.2, 0.25) is 0 Å². The zero-order chi connectivity index (χ0) is 15.2. The molecule has 3 nitrogen and oxygen atoms in total. The number of halogens is 2. The van der Waals surface area contributed by atoms with Crippen LogP contribution in [-0.2, 0) is 9.53 Å². The van der Waals surface area contributed by atoms with Crippen LogP contribution in [0.5, 0.6) is 5.75 Å². The van der Waals surface area contributed by atoms with Crippen LogP contribution in [0.2, 0.25) is 0 Å². The molecule has 0 N–H and O–H groups in total. The highest BCUT2D eigenvalue weighted by molar-refractivity contribution is 9.12. The SMILES string of the molecule is COc1ccc([C@H](Br)[C@@H](Br)C(=O)OC2CCCCC2)cc1. The zero-order valence-electron chi connectivity index (χ0n) is 12.1. The summed E-state index contributed by atoms with van der Waals surface area (Å²) in [4.78, 5) is 11.7. The first-order chi connectivity index (χ1) is 10.1. The molecule has 1 aliphatic carbocycles. The number of rotatable bonds is 5.